The zero-order valence-corrected chi connectivity index (χ0v) is 14.7. The molecular formula is C19H15N3O3S. The molecule has 0 spiro atoms. The number of nitrogens with zero attached hydrogens (tertiary/aromatic N) is 2. The van der Waals surface area contributed by atoms with Crippen LogP contribution in [-0.4, -0.2) is 20.6 Å². The molecule has 130 valence electrons. The summed E-state index contributed by atoms with van der Waals surface area (Å²) in [6, 6.07) is 14.5. The van der Waals surface area contributed by atoms with Crippen LogP contribution in [-0.2, 0) is 6.54 Å². The number of anilines is 1. The average Bonchev–Trinajstić information content (AvgIpc) is 3.04. The second kappa shape index (κ2) is 6.27. The summed E-state index contributed by atoms with van der Waals surface area (Å²) >= 11 is 1.31. The van der Waals surface area contributed by atoms with Crippen LogP contribution in [0, 0.1) is 0 Å². The van der Waals surface area contributed by atoms with E-state index < -0.39 is 11.5 Å². The van der Waals surface area contributed by atoms with Gasteiger partial charge in [0.25, 0.3) is 11.5 Å². The molecule has 0 radical (unpaired) electrons. The van der Waals surface area contributed by atoms with Crippen LogP contribution >= 0.6 is 11.3 Å². The van der Waals surface area contributed by atoms with Crippen LogP contribution in [0.15, 0.2) is 53.3 Å². The molecule has 7 heteroatoms. The summed E-state index contributed by atoms with van der Waals surface area (Å²) in [6.45, 7) is 2.21. The Bertz CT molecular complexity index is 1180. The molecule has 2 N–H and O–H groups in total. The van der Waals surface area contributed by atoms with Crippen molar-refractivity contribution in [2.75, 3.05) is 5.32 Å². The van der Waals surface area contributed by atoms with Gasteiger partial charge in [0, 0.05) is 11.9 Å². The molecule has 1 amide bonds. The van der Waals surface area contributed by atoms with E-state index in [1.54, 1.807) is 24.3 Å². The predicted octanol–water partition coefficient (Wildman–Crippen LogP) is 3.59. The minimum absolute atomic E-state index is 0.273. The molecule has 2 heterocycles. The third-order valence-corrected chi connectivity index (χ3v) is 5.16. The minimum Gasteiger partial charge on any atom is -0.506 e. The number of pyridine rings is 1. The van der Waals surface area contributed by atoms with Gasteiger partial charge in [0.2, 0.25) is 0 Å². The maximum absolute atomic E-state index is 12.8. The van der Waals surface area contributed by atoms with E-state index in [9.17, 15) is 14.7 Å². The maximum atomic E-state index is 12.8. The van der Waals surface area contributed by atoms with Gasteiger partial charge in [-0.05, 0) is 31.2 Å². The summed E-state index contributed by atoms with van der Waals surface area (Å²) in [5.41, 5.74) is 0.558. The summed E-state index contributed by atoms with van der Waals surface area (Å²) in [4.78, 5) is 29.8. The molecule has 0 bridgehead atoms. The van der Waals surface area contributed by atoms with E-state index in [1.165, 1.54) is 15.9 Å². The molecule has 0 aliphatic rings. The van der Waals surface area contributed by atoms with Crippen LogP contribution in [0.25, 0.3) is 21.1 Å². The first-order valence-corrected chi connectivity index (χ1v) is 8.93. The monoisotopic (exact) mass is 365 g/mol. The number of carbonyl (C=O) groups is 1. The van der Waals surface area contributed by atoms with Gasteiger partial charge in [-0.3, -0.25) is 14.9 Å². The number of aromatic nitrogens is 2. The standard InChI is InChI=1S/C19H15N3O3S/c1-2-22-13-9-5-3-7-11(13)16(23)15(18(22)25)17(24)21-19-20-12-8-4-6-10-14(12)26-19/h3-10,23H,2H2,1H3,(H,20,21,24). The zero-order valence-electron chi connectivity index (χ0n) is 13.9. The average molecular weight is 365 g/mol. The van der Waals surface area contributed by atoms with Crippen molar-refractivity contribution < 1.29 is 9.90 Å². The van der Waals surface area contributed by atoms with Gasteiger partial charge in [0.15, 0.2) is 5.13 Å². The number of amides is 1. The van der Waals surface area contributed by atoms with Gasteiger partial charge in [0.05, 0.1) is 15.7 Å². The molecule has 4 aromatic rings. The van der Waals surface area contributed by atoms with Gasteiger partial charge in [-0.25, -0.2) is 4.98 Å². The van der Waals surface area contributed by atoms with Crippen molar-refractivity contribution >= 4 is 43.5 Å². The lowest BCUT2D eigenvalue weighted by atomic mass is 10.1. The van der Waals surface area contributed by atoms with Gasteiger partial charge in [-0.2, -0.15) is 0 Å². The van der Waals surface area contributed by atoms with Gasteiger partial charge in [-0.15, -0.1) is 0 Å². The van der Waals surface area contributed by atoms with E-state index in [4.69, 9.17) is 0 Å². The lowest BCUT2D eigenvalue weighted by Crippen LogP contribution is -2.29. The van der Waals surface area contributed by atoms with Gasteiger partial charge < -0.3 is 9.67 Å². The van der Waals surface area contributed by atoms with Crippen molar-refractivity contribution in [2.45, 2.75) is 13.5 Å². The van der Waals surface area contributed by atoms with Crippen LogP contribution in [0.3, 0.4) is 0 Å². The maximum Gasteiger partial charge on any atom is 0.267 e. The van der Waals surface area contributed by atoms with E-state index in [0.29, 0.717) is 22.6 Å². The molecule has 0 atom stereocenters. The molecule has 0 aliphatic heterocycles. The molecule has 0 aliphatic carbocycles. The highest BCUT2D eigenvalue weighted by Crippen LogP contribution is 2.29. The zero-order chi connectivity index (χ0) is 18.3. The Kier molecular flexibility index (Phi) is 3.93. The Morgan fingerprint density at radius 2 is 1.92 bits per heavy atom. The highest BCUT2D eigenvalue weighted by molar-refractivity contribution is 7.22. The number of para-hydroxylation sites is 2. The smallest absolute Gasteiger partial charge is 0.267 e. The van der Waals surface area contributed by atoms with Crippen LogP contribution in [0.2, 0.25) is 0 Å². The Hall–Kier alpha value is -3.19. The number of rotatable bonds is 3. The van der Waals surface area contributed by atoms with E-state index >= 15 is 0 Å². The first kappa shape index (κ1) is 16.3. The summed E-state index contributed by atoms with van der Waals surface area (Å²) < 4.78 is 2.40. The molecular weight excluding hydrogens is 350 g/mol. The third-order valence-electron chi connectivity index (χ3n) is 4.20. The predicted molar refractivity (Wildman–Crippen MR) is 103 cm³/mol. The van der Waals surface area contributed by atoms with Crippen LogP contribution < -0.4 is 10.9 Å². The number of nitrogens with one attached hydrogen (secondary N) is 1. The summed E-state index contributed by atoms with van der Waals surface area (Å²) in [5, 5.41) is 14.0. The van der Waals surface area contributed by atoms with E-state index in [2.05, 4.69) is 10.3 Å². The van der Waals surface area contributed by atoms with Gasteiger partial charge in [-0.1, -0.05) is 35.6 Å². The van der Waals surface area contributed by atoms with Crippen molar-refractivity contribution in [3.05, 3.63) is 64.4 Å². The first-order valence-electron chi connectivity index (χ1n) is 8.11. The Morgan fingerprint density at radius 3 is 2.69 bits per heavy atom. The van der Waals surface area contributed by atoms with Gasteiger partial charge >= 0.3 is 0 Å². The van der Waals surface area contributed by atoms with Crippen LogP contribution in [0.4, 0.5) is 5.13 Å². The fourth-order valence-electron chi connectivity index (χ4n) is 2.99. The van der Waals surface area contributed by atoms with Crippen molar-refractivity contribution in [3.63, 3.8) is 0 Å². The molecule has 0 fully saturated rings. The lowest BCUT2D eigenvalue weighted by Gasteiger charge is -2.13. The SMILES string of the molecule is CCn1c(=O)c(C(=O)Nc2nc3ccccc3s2)c(O)c2ccccc21. The normalized spacial score (nSPS) is 11.1. The quantitative estimate of drug-likeness (QED) is 0.581. The summed E-state index contributed by atoms with van der Waals surface area (Å²) in [6.07, 6.45) is 0. The highest BCUT2D eigenvalue weighted by Gasteiger charge is 2.22. The molecule has 0 unspecified atom stereocenters. The van der Waals surface area contributed by atoms with E-state index in [1.807, 2.05) is 31.2 Å². The number of aromatic hydroxyl groups is 1. The van der Waals surface area contributed by atoms with E-state index in [-0.39, 0.29) is 11.3 Å². The Morgan fingerprint density at radius 1 is 1.19 bits per heavy atom. The van der Waals surface area contributed by atoms with E-state index in [0.717, 1.165) is 10.2 Å². The molecule has 6 nitrogen and oxygen atoms in total. The number of hydrogen-bond acceptors (Lipinski definition) is 5. The van der Waals surface area contributed by atoms with Crippen molar-refractivity contribution in [1.82, 2.24) is 9.55 Å². The lowest BCUT2D eigenvalue weighted by molar-refractivity contribution is 0.102. The second-order valence-corrected chi connectivity index (χ2v) is 6.76. The van der Waals surface area contributed by atoms with Crippen molar-refractivity contribution in [3.8, 4) is 5.75 Å². The second-order valence-electron chi connectivity index (χ2n) is 5.73. The van der Waals surface area contributed by atoms with Crippen LogP contribution in [0.5, 0.6) is 5.75 Å². The summed E-state index contributed by atoms with van der Waals surface area (Å²) in [5.74, 6) is -0.978. The molecule has 2 aromatic carbocycles. The Balaban J connectivity index is 1.82. The number of aryl methyl sites for hydroxylation is 1. The topological polar surface area (TPSA) is 84.2 Å². The van der Waals surface area contributed by atoms with Crippen LogP contribution in [0.1, 0.15) is 17.3 Å². The number of carbonyl (C=O) groups excluding carboxylic acids is 1. The molecule has 26 heavy (non-hydrogen) atoms. The largest absolute Gasteiger partial charge is 0.506 e. The van der Waals surface area contributed by atoms with Crippen molar-refractivity contribution in [2.24, 2.45) is 0 Å². The Labute approximate surface area is 152 Å². The highest BCUT2D eigenvalue weighted by atomic mass is 32.1. The number of benzene rings is 2. The van der Waals surface area contributed by atoms with Gasteiger partial charge in [0.1, 0.15) is 11.3 Å². The molecule has 4 rings (SSSR count). The molecule has 0 saturated carbocycles. The minimum atomic E-state index is -0.667. The third kappa shape index (κ3) is 2.53. The molecule has 0 saturated heterocycles. The number of fused-ring (bicyclic) bond motifs is 2. The first-order chi connectivity index (χ1) is 12.6. The number of hydrogen-bond donors (Lipinski definition) is 2. The van der Waals surface area contributed by atoms with Crippen molar-refractivity contribution in [1.29, 1.82) is 0 Å². The summed E-state index contributed by atoms with van der Waals surface area (Å²) in [7, 11) is 0. The molecule has 2 aromatic heterocycles. The fraction of sp³-hybridized carbons (Fsp3) is 0.105. The number of thiazole rings is 1. The fourth-order valence-corrected chi connectivity index (χ4v) is 3.85.